The van der Waals surface area contributed by atoms with E-state index in [1.165, 1.54) is 17.5 Å². The molecule has 0 unspecified atom stereocenters. The Kier molecular flexibility index (Phi) is 5.87. The number of aryl methyl sites for hydroxylation is 1. The van der Waals surface area contributed by atoms with Crippen LogP contribution in [-0.4, -0.2) is 46.1 Å². The highest BCUT2D eigenvalue weighted by molar-refractivity contribution is 5.76. The fraction of sp³-hybridized carbons (Fsp3) is 0.500. The van der Waals surface area contributed by atoms with Gasteiger partial charge in [-0.2, -0.15) is 5.10 Å². The van der Waals surface area contributed by atoms with E-state index < -0.39 is 0 Å². The Balaban J connectivity index is 1.66. The van der Waals surface area contributed by atoms with E-state index in [0.717, 1.165) is 25.9 Å². The molecule has 1 aliphatic heterocycles. The number of nitrogens with zero attached hydrogens (tertiary/aromatic N) is 4. The van der Waals surface area contributed by atoms with Gasteiger partial charge in [0.15, 0.2) is 0 Å². The second-order valence-corrected chi connectivity index (χ2v) is 7.10. The summed E-state index contributed by atoms with van der Waals surface area (Å²) in [6, 6.07) is 10.9. The van der Waals surface area contributed by atoms with E-state index in [2.05, 4.69) is 53.3 Å². The lowest BCUT2D eigenvalue weighted by Crippen LogP contribution is -2.38. The van der Waals surface area contributed by atoms with Crippen LogP contribution in [-0.2, 0) is 17.9 Å². The van der Waals surface area contributed by atoms with Gasteiger partial charge in [-0.1, -0.05) is 24.3 Å². The van der Waals surface area contributed by atoms with E-state index in [9.17, 15) is 4.79 Å². The Morgan fingerprint density at radius 2 is 2.04 bits per heavy atom. The summed E-state index contributed by atoms with van der Waals surface area (Å²) in [4.78, 5) is 17.0. The number of aromatic nitrogens is 2. The van der Waals surface area contributed by atoms with Gasteiger partial charge in [0, 0.05) is 38.4 Å². The second-order valence-electron chi connectivity index (χ2n) is 7.10. The van der Waals surface area contributed by atoms with Crippen molar-refractivity contribution in [3.05, 3.63) is 53.9 Å². The smallest absolute Gasteiger partial charge is 0.224 e. The number of hydrogen-bond donors (Lipinski definition) is 0. The molecule has 0 radical (unpaired) electrons. The van der Waals surface area contributed by atoms with Crippen molar-refractivity contribution < 1.29 is 4.79 Å². The lowest BCUT2D eigenvalue weighted by atomic mass is 9.94. The molecular weight excluding hydrogens is 312 g/mol. The van der Waals surface area contributed by atoms with Crippen molar-refractivity contribution in [1.82, 2.24) is 19.6 Å². The third-order valence-electron chi connectivity index (χ3n) is 4.80. The SMILES string of the molecule is CN(C)Cc1ccc([C@@H]2CCCCN2C(=O)CCn2cccn2)cc1. The van der Waals surface area contributed by atoms with Crippen molar-refractivity contribution in [2.45, 2.75) is 44.8 Å². The molecule has 1 aliphatic rings. The Morgan fingerprint density at radius 1 is 1.24 bits per heavy atom. The molecule has 1 aromatic carbocycles. The molecule has 134 valence electrons. The molecule has 0 spiro atoms. The summed E-state index contributed by atoms with van der Waals surface area (Å²) in [5.74, 6) is 0.234. The normalized spacial score (nSPS) is 17.9. The van der Waals surface area contributed by atoms with E-state index >= 15 is 0 Å². The van der Waals surface area contributed by atoms with Crippen molar-refractivity contribution >= 4 is 5.91 Å². The number of carbonyl (C=O) groups excluding carboxylic acids is 1. The van der Waals surface area contributed by atoms with Gasteiger partial charge in [0.25, 0.3) is 0 Å². The van der Waals surface area contributed by atoms with Gasteiger partial charge in [-0.05, 0) is 50.6 Å². The quantitative estimate of drug-likeness (QED) is 0.811. The number of piperidine rings is 1. The molecule has 0 N–H and O–H groups in total. The molecule has 3 rings (SSSR count). The van der Waals surface area contributed by atoms with Crippen LogP contribution in [0, 0.1) is 0 Å². The summed E-state index contributed by atoms with van der Waals surface area (Å²) in [7, 11) is 4.16. The largest absolute Gasteiger partial charge is 0.336 e. The first kappa shape index (κ1) is 17.7. The summed E-state index contributed by atoms with van der Waals surface area (Å²) in [6.07, 6.45) is 7.51. The average Bonchev–Trinajstić information content (AvgIpc) is 3.13. The minimum Gasteiger partial charge on any atom is -0.336 e. The minimum absolute atomic E-state index is 0.215. The van der Waals surface area contributed by atoms with Crippen LogP contribution in [0.1, 0.15) is 42.9 Å². The van der Waals surface area contributed by atoms with Crippen LogP contribution in [0.25, 0.3) is 0 Å². The van der Waals surface area contributed by atoms with E-state index in [-0.39, 0.29) is 11.9 Å². The molecule has 0 aliphatic carbocycles. The van der Waals surface area contributed by atoms with E-state index in [4.69, 9.17) is 0 Å². The van der Waals surface area contributed by atoms with Crippen LogP contribution in [0.4, 0.5) is 0 Å². The number of hydrogen-bond acceptors (Lipinski definition) is 3. The maximum absolute atomic E-state index is 12.8. The monoisotopic (exact) mass is 340 g/mol. The molecular formula is C20H28N4O. The zero-order chi connectivity index (χ0) is 17.6. The van der Waals surface area contributed by atoms with Crippen LogP contribution in [0.2, 0.25) is 0 Å². The summed E-state index contributed by atoms with van der Waals surface area (Å²) in [6.45, 7) is 2.45. The van der Waals surface area contributed by atoms with E-state index in [0.29, 0.717) is 13.0 Å². The molecule has 0 bridgehead atoms. The molecule has 1 amide bonds. The Morgan fingerprint density at radius 3 is 2.72 bits per heavy atom. The highest BCUT2D eigenvalue weighted by Crippen LogP contribution is 2.31. The Labute approximate surface area is 150 Å². The van der Waals surface area contributed by atoms with Gasteiger partial charge in [-0.3, -0.25) is 9.48 Å². The van der Waals surface area contributed by atoms with Crippen LogP contribution in [0.3, 0.4) is 0 Å². The van der Waals surface area contributed by atoms with Gasteiger partial charge in [-0.25, -0.2) is 0 Å². The number of carbonyl (C=O) groups is 1. The maximum Gasteiger partial charge on any atom is 0.224 e. The van der Waals surface area contributed by atoms with Crippen LogP contribution in [0.5, 0.6) is 0 Å². The first-order chi connectivity index (χ1) is 12.1. The third kappa shape index (κ3) is 4.69. The van der Waals surface area contributed by atoms with E-state index in [1.54, 1.807) is 6.20 Å². The highest BCUT2D eigenvalue weighted by atomic mass is 16.2. The molecule has 0 saturated carbocycles. The average molecular weight is 340 g/mol. The van der Waals surface area contributed by atoms with Crippen molar-refractivity contribution in [3.8, 4) is 0 Å². The summed E-state index contributed by atoms with van der Waals surface area (Å²) in [5.41, 5.74) is 2.57. The topological polar surface area (TPSA) is 41.4 Å². The molecule has 5 nitrogen and oxygen atoms in total. The summed E-state index contributed by atoms with van der Waals surface area (Å²) >= 11 is 0. The van der Waals surface area contributed by atoms with Gasteiger partial charge in [0.1, 0.15) is 0 Å². The van der Waals surface area contributed by atoms with Crippen molar-refractivity contribution in [1.29, 1.82) is 0 Å². The predicted molar refractivity (Wildman–Crippen MR) is 99.0 cm³/mol. The predicted octanol–water partition coefficient (Wildman–Crippen LogP) is 3.09. The number of amides is 1. The molecule has 1 saturated heterocycles. The molecule has 1 atom stereocenters. The lowest BCUT2D eigenvalue weighted by molar-refractivity contribution is -0.135. The van der Waals surface area contributed by atoms with Crippen LogP contribution >= 0.6 is 0 Å². The van der Waals surface area contributed by atoms with Gasteiger partial charge < -0.3 is 9.80 Å². The Hall–Kier alpha value is -2.14. The summed E-state index contributed by atoms with van der Waals surface area (Å²) in [5, 5.41) is 4.19. The van der Waals surface area contributed by atoms with Crippen LogP contribution in [0.15, 0.2) is 42.7 Å². The number of rotatable bonds is 6. The van der Waals surface area contributed by atoms with Gasteiger partial charge in [0.2, 0.25) is 5.91 Å². The van der Waals surface area contributed by atoms with Gasteiger partial charge in [-0.15, -0.1) is 0 Å². The summed E-state index contributed by atoms with van der Waals surface area (Å²) < 4.78 is 1.83. The molecule has 2 aromatic rings. The zero-order valence-corrected chi connectivity index (χ0v) is 15.3. The zero-order valence-electron chi connectivity index (χ0n) is 15.3. The second kappa shape index (κ2) is 8.30. The maximum atomic E-state index is 12.8. The number of likely N-dealkylation sites (tertiary alicyclic amines) is 1. The molecule has 1 aromatic heterocycles. The standard InChI is InChI=1S/C20H28N4O/c1-22(2)16-17-7-9-18(10-8-17)19-6-3-4-14-24(19)20(25)11-15-23-13-5-12-21-23/h5,7-10,12-13,19H,3-4,6,11,14-16H2,1-2H3/t19-/m0/s1. The van der Waals surface area contributed by atoms with Crippen LogP contribution < -0.4 is 0 Å². The molecule has 5 heteroatoms. The van der Waals surface area contributed by atoms with E-state index in [1.807, 2.05) is 16.9 Å². The van der Waals surface area contributed by atoms with Crippen molar-refractivity contribution in [2.24, 2.45) is 0 Å². The van der Waals surface area contributed by atoms with Gasteiger partial charge >= 0.3 is 0 Å². The first-order valence-electron chi connectivity index (χ1n) is 9.14. The fourth-order valence-electron chi connectivity index (χ4n) is 3.57. The first-order valence-corrected chi connectivity index (χ1v) is 9.14. The van der Waals surface area contributed by atoms with Gasteiger partial charge in [0.05, 0.1) is 6.04 Å². The van der Waals surface area contributed by atoms with Crippen molar-refractivity contribution in [2.75, 3.05) is 20.6 Å². The highest BCUT2D eigenvalue weighted by Gasteiger charge is 2.27. The molecule has 2 heterocycles. The minimum atomic E-state index is 0.215. The number of benzene rings is 1. The fourth-order valence-corrected chi connectivity index (χ4v) is 3.57. The Bertz CT molecular complexity index is 664. The lowest BCUT2D eigenvalue weighted by Gasteiger charge is -2.36. The third-order valence-corrected chi connectivity index (χ3v) is 4.80. The molecule has 1 fully saturated rings. The van der Waals surface area contributed by atoms with Crippen molar-refractivity contribution in [3.63, 3.8) is 0 Å². The molecule has 25 heavy (non-hydrogen) atoms.